The molecule has 0 saturated heterocycles. The van der Waals surface area contributed by atoms with Gasteiger partial charge in [-0.05, 0) is 89.9 Å². The largest absolute Gasteiger partial charge is 0.466 e. The summed E-state index contributed by atoms with van der Waals surface area (Å²) in [7, 11) is 0. The molecule has 63 heavy (non-hydrogen) atoms. The number of allylic oxidation sites excluding steroid dienone is 7. The van der Waals surface area contributed by atoms with Crippen LogP contribution >= 0.6 is 0 Å². The summed E-state index contributed by atoms with van der Waals surface area (Å²) >= 11 is 0. The first-order valence-corrected chi connectivity index (χ1v) is 27.4. The fourth-order valence-electron chi connectivity index (χ4n) is 8.07. The van der Waals surface area contributed by atoms with Crippen LogP contribution in [0.3, 0.4) is 0 Å². The Kier molecular flexibility index (Phi) is 50.6. The van der Waals surface area contributed by atoms with Crippen LogP contribution in [0.4, 0.5) is 0 Å². The topological polar surface area (TPSA) is 95.9 Å². The van der Waals surface area contributed by atoms with Crippen LogP contribution in [-0.2, 0) is 14.3 Å². The standard InChI is InChI=1S/C57H105NO5/c1-3-5-7-9-11-13-15-17-18-20-24-27-31-35-39-43-47-51-57(62)63-52-48-44-40-36-32-28-25-22-19-21-23-26-30-34-38-42-46-50-56(61)58-54(53-59)55(60)49-45-41-37-33-29-16-14-12-10-8-6-4-2/h11,13,17-19,22,45,49,54-55,59-60H,3-10,12,14-16,20-21,23-44,46-48,50-53H2,1-2H3,(H,58,61)/b13-11-,18-17-,22-19-,49-45+. The average molecular weight is 884 g/mol. The third kappa shape index (κ3) is 49.1. The van der Waals surface area contributed by atoms with E-state index >= 15 is 0 Å². The molecule has 0 radical (unpaired) electrons. The molecule has 0 fully saturated rings. The highest BCUT2D eigenvalue weighted by molar-refractivity contribution is 5.76. The minimum atomic E-state index is -0.852. The molecule has 368 valence electrons. The molecule has 1 amide bonds. The monoisotopic (exact) mass is 884 g/mol. The molecule has 2 unspecified atom stereocenters. The average Bonchev–Trinajstić information content (AvgIpc) is 3.28. The molecule has 0 rings (SSSR count). The van der Waals surface area contributed by atoms with Crippen molar-refractivity contribution in [3.63, 3.8) is 0 Å². The number of esters is 1. The molecule has 0 bridgehead atoms. The second-order valence-corrected chi connectivity index (χ2v) is 18.5. The van der Waals surface area contributed by atoms with E-state index in [9.17, 15) is 19.8 Å². The normalized spacial score (nSPS) is 13.0. The van der Waals surface area contributed by atoms with Crippen LogP contribution in [0, 0.1) is 0 Å². The zero-order valence-electron chi connectivity index (χ0n) is 41.8. The van der Waals surface area contributed by atoms with Crippen LogP contribution in [0.1, 0.15) is 277 Å². The Morgan fingerprint density at radius 1 is 0.444 bits per heavy atom. The lowest BCUT2D eigenvalue weighted by Crippen LogP contribution is -2.45. The summed E-state index contributed by atoms with van der Waals surface area (Å²) in [5.41, 5.74) is 0. The molecule has 0 aliphatic carbocycles. The number of nitrogens with one attached hydrogen (secondary N) is 1. The first-order chi connectivity index (χ1) is 31.0. The van der Waals surface area contributed by atoms with E-state index in [0.717, 1.165) is 64.2 Å². The summed E-state index contributed by atoms with van der Waals surface area (Å²) in [5, 5.41) is 23.0. The van der Waals surface area contributed by atoms with Gasteiger partial charge < -0.3 is 20.3 Å². The second-order valence-electron chi connectivity index (χ2n) is 18.5. The summed E-state index contributed by atoms with van der Waals surface area (Å²) in [5.74, 6) is -0.0934. The minimum absolute atomic E-state index is 0.0113. The maximum absolute atomic E-state index is 12.4. The predicted octanol–water partition coefficient (Wildman–Crippen LogP) is 16.6. The lowest BCUT2D eigenvalue weighted by Gasteiger charge is -2.20. The first kappa shape index (κ1) is 60.8. The molecule has 0 aromatic rings. The van der Waals surface area contributed by atoms with Gasteiger partial charge in [-0.2, -0.15) is 0 Å². The van der Waals surface area contributed by atoms with E-state index in [-0.39, 0.29) is 18.5 Å². The van der Waals surface area contributed by atoms with Crippen LogP contribution < -0.4 is 5.32 Å². The summed E-state index contributed by atoms with van der Waals surface area (Å²) < 4.78 is 5.47. The third-order valence-corrected chi connectivity index (χ3v) is 12.3. The Hall–Kier alpha value is -2.18. The molecule has 6 heteroatoms. The molecule has 3 N–H and O–H groups in total. The van der Waals surface area contributed by atoms with Crippen molar-refractivity contribution in [2.75, 3.05) is 13.2 Å². The van der Waals surface area contributed by atoms with Crippen molar-refractivity contribution in [2.45, 2.75) is 289 Å². The number of carbonyl (C=O) groups excluding carboxylic acids is 2. The molecule has 0 aliphatic rings. The molecule has 2 atom stereocenters. The van der Waals surface area contributed by atoms with Crippen molar-refractivity contribution >= 4 is 11.9 Å². The lowest BCUT2D eigenvalue weighted by molar-refractivity contribution is -0.143. The van der Waals surface area contributed by atoms with Gasteiger partial charge in [-0.15, -0.1) is 0 Å². The summed E-state index contributed by atoms with van der Waals surface area (Å²) in [6, 6.07) is -0.637. The van der Waals surface area contributed by atoms with Gasteiger partial charge in [-0.1, -0.05) is 223 Å². The molecule has 0 spiro atoms. The van der Waals surface area contributed by atoms with Gasteiger partial charge in [0.05, 0.1) is 25.4 Å². The van der Waals surface area contributed by atoms with Crippen molar-refractivity contribution in [1.29, 1.82) is 0 Å². The van der Waals surface area contributed by atoms with Crippen LogP contribution in [0.5, 0.6) is 0 Å². The summed E-state index contributed by atoms with van der Waals surface area (Å²) in [6.45, 7) is 4.84. The number of rotatable bonds is 50. The van der Waals surface area contributed by atoms with Crippen LogP contribution in [0.2, 0.25) is 0 Å². The Labute approximate surface area is 391 Å². The van der Waals surface area contributed by atoms with E-state index in [4.69, 9.17) is 4.74 Å². The van der Waals surface area contributed by atoms with E-state index in [1.54, 1.807) is 6.08 Å². The number of hydrogen-bond acceptors (Lipinski definition) is 5. The van der Waals surface area contributed by atoms with E-state index < -0.39 is 12.1 Å². The number of unbranched alkanes of at least 4 members (excludes halogenated alkanes) is 33. The predicted molar refractivity (Wildman–Crippen MR) is 273 cm³/mol. The summed E-state index contributed by atoms with van der Waals surface area (Å²) in [4.78, 5) is 24.5. The van der Waals surface area contributed by atoms with E-state index in [0.29, 0.717) is 19.4 Å². The Bertz CT molecular complexity index is 1070. The smallest absolute Gasteiger partial charge is 0.305 e. The van der Waals surface area contributed by atoms with Crippen molar-refractivity contribution < 1.29 is 24.5 Å². The van der Waals surface area contributed by atoms with Gasteiger partial charge in [0.15, 0.2) is 0 Å². The number of amides is 1. The van der Waals surface area contributed by atoms with Crippen LogP contribution in [-0.4, -0.2) is 47.4 Å². The number of hydrogen-bond donors (Lipinski definition) is 3. The zero-order valence-corrected chi connectivity index (χ0v) is 41.8. The van der Waals surface area contributed by atoms with Crippen LogP contribution in [0.25, 0.3) is 0 Å². The van der Waals surface area contributed by atoms with E-state index in [1.165, 1.54) is 186 Å². The first-order valence-electron chi connectivity index (χ1n) is 27.4. The molecule has 0 aromatic carbocycles. The molecule has 0 aromatic heterocycles. The molecule has 0 saturated carbocycles. The van der Waals surface area contributed by atoms with Crippen molar-refractivity contribution in [2.24, 2.45) is 0 Å². The Balaban J connectivity index is 3.48. The van der Waals surface area contributed by atoms with Crippen molar-refractivity contribution in [3.8, 4) is 0 Å². The maximum Gasteiger partial charge on any atom is 0.305 e. The lowest BCUT2D eigenvalue weighted by atomic mass is 10.1. The number of ether oxygens (including phenoxy) is 1. The Morgan fingerprint density at radius 2 is 0.794 bits per heavy atom. The zero-order chi connectivity index (χ0) is 45.8. The highest BCUT2D eigenvalue weighted by Crippen LogP contribution is 2.15. The highest BCUT2D eigenvalue weighted by atomic mass is 16.5. The Morgan fingerprint density at radius 3 is 1.25 bits per heavy atom. The third-order valence-electron chi connectivity index (χ3n) is 12.3. The van der Waals surface area contributed by atoms with Gasteiger partial charge in [-0.25, -0.2) is 0 Å². The summed E-state index contributed by atoms with van der Waals surface area (Å²) in [6.07, 6.45) is 65.5. The van der Waals surface area contributed by atoms with Crippen molar-refractivity contribution in [3.05, 3.63) is 48.6 Å². The van der Waals surface area contributed by atoms with Gasteiger partial charge in [0.2, 0.25) is 5.91 Å². The maximum atomic E-state index is 12.4. The molecule has 6 nitrogen and oxygen atoms in total. The van der Waals surface area contributed by atoms with Gasteiger partial charge in [0.25, 0.3) is 0 Å². The van der Waals surface area contributed by atoms with Gasteiger partial charge in [0.1, 0.15) is 0 Å². The molecule has 0 heterocycles. The SMILES string of the molecule is CCCCC/C=C\C/C=C\CCCCCCCCCC(=O)OCCCCCCCC/C=C\CCCCCCCCCC(=O)NC(CO)C(O)/C=C/CCCCCCCCCCCC. The van der Waals surface area contributed by atoms with Gasteiger partial charge >= 0.3 is 5.97 Å². The van der Waals surface area contributed by atoms with E-state index in [2.05, 4.69) is 55.6 Å². The van der Waals surface area contributed by atoms with Gasteiger partial charge in [-0.3, -0.25) is 9.59 Å². The second kappa shape index (κ2) is 52.4. The van der Waals surface area contributed by atoms with Crippen LogP contribution in [0.15, 0.2) is 48.6 Å². The highest BCUT2D eigenvalue weighted by Gasteiger charge is 2.18. The quantitative estimate of drug-likeness (QED) is 0.0321. The fourth-order valence-corrected chi connectivity index (χ4v) is 8.07. The minimum Gasteiger partial charge on any atom is -0.466 e. The number of carbonyl (C=O) groups is 2. The number of aliphatic hydroxyl groups excluding tert-OH is 2. The number of aliphatic hydroxyl groups is 2. The molecule has 0 aliphatic heterocycles. The fraction of sp³-hybridized carbons (Fsp3) is 0.825. The molecular formula is C57H105NO5. The molecular weight excluding hydrogens is 779 g/mol. The van der Waals surface area contributed by atoms with E-state index in [1.807, 2.05) is 6.08 Å². The van der Waals surface area contributed by atoms with Gasteiger partial charge in [0, 0.05) is 12.8 Å². The van der Waals surface area contributed by atoms with Crippen molar-refractivity contribution in [1.82, 2.24) is 5.32 Å².